The van der Waals surface area contributed by atoms with Crippen LogP contribution < -0.4 is 19.9 Å². The van der Waals surface area contributed by atoms with Crippen molar-refractivity contribution in [3.8, 4) is 11.5 Å². The molecule has 2 aromatic rings. The predicted molar refractivity (Wildman–Crippen MR) is 122 cm³/mol. The van der Waals surface area contributed by atoms with E-state index in [-0.39, 0.29) is 22.7 Å². The fourth-order valence-corrected chi connectivity index (χ4v) is 3.49. The summed E-state index contributed by atoms with van der Waals surface area (Å²) < 4.78 is 10.7. The van der Waals surface area contributed by atoms with Crippen LogP contribution in [0.15, 0.2) is 78.0 Å². The van der Waals surface area contributed by atoms with E-state index in [4.69, 9.17) is 9.47 Å². The van der Waals surface area contributed by atoms with Crippen molar-refractivity contribution >= 4 is 28.8 Å². The van der Waals surface area contributed by atoms with Crippen LogP contribution in [0.4, 0.5) is 0 Å². The predicted octanol–water partition coefficient (Wildman–Crippen LogP) is 3.62. The Hall–Kier alpha value is -2.92. The number of nitrogens with zero attached hydrogens (tertiary/aromatic N) is 1. The molecule has 5 heteroatoms. The fourth-order valence-electron chi connectivity index (χ4n) is 3.49. The van der Waals surface area contributed by atoms with Crippen molar-refractivity contribution < 1.29 is 14.6 Å². The lowest BCUT2D eigenvalue weighted by Crippen LogP contribution is -2.23. The van der Waals surface area contributed by atoms with Gasteiger partial charge in [0.15, 0.2) is 11.5 Å². The lowest BCUT2D eigenvalue weighted by molar-refractivity contribution is 0.354. The number of benzene rings is 2. The first kappa shape index (κ1) is 20.8. The summed E-state index contributed by atoms with van der Waals surface area (Å²) in [5, 5.41) is 12.3. The zero-order valence-corrected chi connectivity index (χ0v) is 18.2. The highest BCUT2D eigenvalue weighted by atomic mass is 79.9. The molecule has 0 atom stereocenters. The molecule has 1 heterocycles. The van der Waals surface area contributed by atoms with Crippen molar-refractivity contribution in [2.75, 3.05) is 20.8 Å². The van der Waals surface area contributed by atoms with E-state index >= 15 is 0 Å². The van der Waals surface area contributed by atoms with Crippen LogP contribution in [-0.4, -0.2) is 30.8 Å². The van der Waals surface area contributed by atoms with Gasteiger partial charge in [-0.1, -0.05) is 36.4 Å². The number of rotatable bonds is 5. The molecule has 0 spiro atoms. The van der Waals surface area contributed by atoms with Crippen molar-refractivity contribution in [1.29, 1.82) is 0 Å². The van der Waals surface area contributed by atoms with E-state index in [0.29, 0.717) is 11.5 Å². The van der Waals surface area contributed by atoms with Crippen molar-refractivity contribution in [3.05, 3.63) is 94.0 Å². The molecule has 0 saturated heterocycles. The van der Waals surface area contributed by atoms with Crippen LogP contribution >= 0.6 is 17.0 Å². The summed E-state index contributed by atoms with van der Waals surface area (Å²) in [4.78, 5) is 2.25. The van der Waals surface area contributed by atoms with E-state index in [9.17, 15) is 5.11 Å². The standard InChI is InChI=1S/C24H23NO3.BrH/c1-27-22-14-19-13-20(24(26)21(19)15-23(22)28-2)12-17-8-10-25(11-9-17)16-18-6-4-3-5-7-18;/h3-10,12-15,26H,11,16H2,1-2H3;1H. The molecule has 1 aliphatic carbocycles. The van der Waals surface area contributed by atoms with Crippen LogP contribution in [0.1, 0.15) is 5.56 Å². The largest absolute Gasteiger partial charge is 0.507 e. The average Bonchev–Trinajstić information content (AvgIpc) is 3.03. The Labute approximate surface area is 181 Å². The van der Waals surface area contributed by atoms with Crippen LogP contribution in [0.2, 0.25) is 0 Å². The van der Waals surface area contributed by atoms with Gasteiger partial charge >= 0.3 is 0 Å². The zero-order valence-electron chi connectivity index (χ0n) is 16.5. The lowest BCUT2D eigenvalue weighted by atomic mass is 10.1. The van der Waals surface area contributed by atoms with Crippen LogP contribution in [0.3, 0.4) is 0 Å². The van der Waals surface area contributed by atoms with Gasteiger partial charge in [0.2, 0.25) is 0 Å². The minimum atomic E-state index is 0. The molecular formula is C24H24BrNO3. The van der Waals surface area contributed by atoms with E-state index in [0.717, 1.165) is 34.7 Å². The van der Waals surface area contributed by atoms with Crippen LogP contribution in [0.5, 0.6) is 11.5 Å². The highest BCUT2D eigenvalue weighted by molar-refractivity contribution is 8.93. The molecule has 29 heavy (non-hydrogen) atoms. The van der Waals surface area contributed by atoms with Crippen LogP contribution in [-0.2, 0) is 6.54 Å². The summed E-state index contributed by atoms with van der Waals surface area (Å²) in [5.74, 6) is 1.52. The Bertz CT molecular complexity index is 1100. The zero-order chi connectivity index (χ0) is 19.5. The Balaban J connectivity index is 0.00000240. The van der Waals surface area contributed by atoms with Gasteiger partial charge in [-0.05, 0) is 46.7 Å². The van der Waals surface area contributed by atoms with Crippen molar-refractivity contribution in [3.63, 3.8) is 0 Å². The molecular weight excluding hydrogens is 430 g/mol. The normalized spacial score (nSPS) is 16.1. The number of ether oxygens (including phenoxy) is 2. The summed E-state index contributed by atoms with van der Waals surface area (Å²) >= 11 is 0. The highest BCUT2D eigenvalue weighted by Gasteiger charge is 2.14. The maximum atomic E-state index is 10.7. The molecule has 0 fully saturated rings. The molecule has 4 rings (SSSR count). The second kappa shape index (κ2) is 9.05. The number of allylic oxidation sites excluding steroid dienone is 3. The van der Waals surface area contributed by atoms with E-state index < -0.39 is 0 Å². The Morgan fingerprint density at radius 1 is 1.07 bits per heavy atom. The number of methoxy groups -OCH3 is 2. The van der Waals surface area contributed by atoms with E-state index in [2.05, 4.69) is 47.5 Å². The number of halogens is 1. The molecule has 0 unspecified atom stereocenters. The van der Waals surface area contributed by atoms with Crippen molar-refractivity contribution in [2.45, 2.75) is 6.54 Å². The Morgan fingerprint density at radius 2 is 1.79 bits per heavy atom. The van der Waals surface area contributed by atoms with E-state index in [1.807, 2.05) is 30.4 Å². The average molecular weight is 454 g/mol. The van der Waals surface area contributed by atoms with Gasteiger partial charge in [-0.15, -0.1) is 17.0 Å². The molecule has 0 aromatic heterocycles. The molecule has 0 radical (unpaired) electrons. The van der Waals surface area contributed by atoms with Crippen LogP contribution in [0.25, 0.3) is 11.8 Å². The van der Waals surface area contributed by atoms with Gasteiger partial charge in [-0.3, -0.25) is 0 Å². The summed E-state index contributed by atoms with van der Waals surface area (Å²) in [7, 11) is 3.20. The minimum Gasteiger partial charge on any atom is -0.507 e. The smallest absolute Gasteiger partial charge is 0.161 e. The quantitative estimate of drug-likeness (QED) is 0.750. The van der Waals surface area contributed by atoms with Crippen molar-refractivity contribution in [1.82, 2.24) is 4.90 Å². The van der Waals surface area contributed by atoms with E-state index in [1.165, 1.54) is 5.56 Å². The lowest BCUT2D eigenvalue weighted by Gasteiger charge is -2.22. The van der Waals surface area contributed by atoms with Gasteiger partial charge in [0.05, 0.1) is 14.2 Å². The van der Waals surface area contributed by atoms with Gasteiger partial charge in [0.1, 0.15) is 5.76 Å². The first-order valence-electron chi connectivity index (χ1n) is 9.23. The highest BCUT2D eigenvalue weighted by Crippen LogP contribution is 2.25. The third-order valence-electron chi connectivity index (χ3n) is 4.99. The van der Waals surface area contributed by atoms with Gasteiger partial charge in [-0.25, -0.2) is 0 Å². The molecule has 0 amide bonds. The first-order valence-corrected chi connectivity index (χ1v) is 9.23. The van der Waals surface area contributed by atoms with E-state index in [1.54, 1.807) is 14.2 Å². The third kappa shape index (κ3) is 4.40. The fraction of sp³-hybridized carbons (Fsp3) is 0.167. The van der Waals surface area contributed by atoms with Gasteiger partial charge in [0, 0.05) is 30.1 Å². The number of aliphatic hydroxyl groups excluding tert-OH is 1. The molecule has 1 N–H and O–H groups in total. The summed E-state index contributed by atoms with van der Waals surface area (Å²) in [6, 6.07) is 14.1. The van der Waals surface area contributed by atoms with Gasteiger partial charge in [-0.2, -0.15) is 0 Å². The summed E-state index contributed by atoms with van der Waals surface area (Å²) in [6.45, 7) is 1.71. The molecule has 0 bridgehead atoms. The van der Waals surface area contributed by atoms with Crippen LogP contribution in [0, 0.1) is 0 Å². The second-order valence-electron chi connectivity index (χ2n) is 6.82. The van der Waals surface area contributed by atoms with Crippen molar-refractivity contribution in [2.24, 2.45) is 0 Å². The monoisotopic (exact) mass is 453 g/mol. The van der Waals surface area contributed by atoms with Gasteiger partial charge in [0.25, 0.3) is 0 Å². The maximum absolute atomic E-state index is 10.7. The molecule has 150 valence electrons. The molecule has 2 aliphatic rings. The number of aliphatic hydroxyl groups is 1. The molecule has 2 aromatic carbocycles. The summed E-state index contributed by atoms with van der Waals surface area (Å²) in [6.07, 6.45) is 10.3. The molecule has 0 saturated carbocycles. The summed E-state index contributed by atoms with van der Waals surface area (Å²) in [5.41, 5.74) is 3.15. The second-order valence-corrected chi connectivity index (χ2v) is 6.82. The minimum absolute atomic E-state index is 0. The molecule has 1 aliphatic heterocycles. The number of hydrogen-bond acceptors (Lipinski definition) is 4. The number of fused-ring (bicyclic) bond motifs is 1. The topological polar surface area (TPSA) is 41.9 Å². The Morgan fingerprint density at radius 3 is 2.45 bits per heavy atom. The number of hydrogen-bond donors (Lipinski definition) is 1. The first-order chi connectivity index (χ1) is 13.7. The molecule has 4 nitrogen and oxygen atoms in total. The SMILES string of the molecule is Br.COc1cc2c(cc1OC)=C(O)C(=CC1=CCN(Cc3ccccc3)C=C1)C=2. The third-order valence-corrected chi connectivity index (χ3v) is 4.99. The maximum Gasteiger partial charge on any atom is 0.161 e. The van der Waals surface area contributed by atoms with Gasteiger partial charge < -0.3 is 19.5 Å². The Kier molecular flexibility index (Phi) is 6.49.